The van der Waals surface area contributed by atoms with Gasteiger partial charge in [-0.15, -0.1) is 0 Å². The lowest BCUT2D eigenvalue weighted by Gasteiger charge is -2.29. The summed E-state index contributed by atoms with van der Waals surface area (Å²) in [4.78, 5) is 0. The molecule has 0 amide bonds. The Hall–Kier alpha value is -1.03. The normalized spacial score (nSPS) is 18.2. The van der Waals surface area contributed by atoms with Crippen molar-refractivity contribution in [2.75, 3.05) is 21.3 Å². The number of halogens is 1. The van der Waals surface area contributed by atoms with Crippen LogP contribution in [0.15, 0.2) is 18.2 Å². The van der Waals surface area contributed by atoms with Crippen LogP contribution in [0.1, 0.15) is 26.7 Å². The summed E-state index contributed by atoms with van der Waals surface area (Å²) in [5, 5.41) is 0.181. The first-order valence-electron chi connectivity index (χ1n) is 7.21. The molecular formula is C13H20ClN3O4S2. The van der Waals surface area contributed by atoms with E-state index >= 15 is 0 Å². The molecule has 0 aromatic heterocycles. The molecular weight excluding hydrogens is 362 g/mol. The second kappa shape index (κ2) is 6.84. The van der Waals surface area contributed by atoms with E-state index < -0.39 is 20.2 Å². The Labute approximate surface area is 142 Å². The van der Waals surface area contributed by atoms with Gasteiger partial charge in [-0.3, -0.25) is 9.03 Å². The minimum Gasteiger partial charge on any atom is -0.271 e. The number of rotatable bonds is 5. The zero-order chi connectivity index (χ0) is 17.3. The molecule has 0 saturated carbocycles. The molecule has 1 aliphatic rings. The molecule has 0 unspecified atom stereocenters. The Morgan fingerprint density at radius 3 is 2.52 bits per heavy atom. The van der Waals surface area contributed by atoms with Crippen LogP contribution in [0.25, 0.3) is 0 Å². The number of hydrogen-bond acceptors (Lipinski definition) is 4. The molecule has 0 aliphatic carbocycles. The average molecular weight is 382 g/mol. The maximum absolute atomic E-state index is 12.1. The van der Waals surface area contributed by atoms with Crippen LogP contribution >= 0.6 is 11.6 Å². The maximum atomic E-state index is 12.1. The summed E-state index contributed by atoms with van der Waals surface area (Å²) in [5.41, 5.74) is 0.632. The fourth-order valence-corrected chi connectivity index (χ4v) is 5.43. The molecule has 10 heteroatoms. The molecule has 2 rings (SSSR count). The summed E-state index contributed by atoms with van der Waals surface area (Å²) < 4.78 is 53.9. The molecule has 1 heterocycles. The summed E-state index contributed by atoms with van der Waals surface area (Å²) >= 11 is 6.16. The summed E-state index contributed by atoms with van der Waals surface area (Å²) in [6.07, 6.45) is 1.40. The number of nitrogens with zero attached hydrogens (tertiary/aromatic N) is 1. The van der Waals surface area contributed by atoms with Crippen molar-refractivity contribution in [3.8, 4) is 0 Å². The molecule has 0 spiro atoms. The standard InChI is InChI=1S/C13H20ClN3O4S2/c1-10(2)15-23(20,21)16-11-5-6-13(12(14)9-11)17-7-3-4-8-22(17,18)19/h5-6,9-10,15-16H,3-4,7-8H2,1-2H3. The lowest BCUT2D eigenvalue weighted by molar-refractivity contribution is 0.573. The van der Waals surface area contributed by atoms with Crippen molar-refractivity contribution in [1.82, 2.24) is 4.72 Å². The lowest BCUT2D eigenvalue weighted by atomic mass is 10.2. The van der Waals surface area contributed by atoms with E-state index in [2.05, 4.69) is 9.44 Å². The fourth-order valence-electron chi connectivity index (χ4n) is 2.33. The zero-order valence-corrected chi connectivity index (χ0v) is 15.3. The van der Waals surface area contributed by atoms with Gasteiger partial charge in [0.1, 0.15) is 0 Å². The molecule has 130 valence electrons. The van der Waals surface area contributed by atoms with Gasteiger partial charge in [0, 0.05) is 12.6 Å². The van der Waals surface area contributed by atoms with Crippen molar-refractivity contribution in [3.63, 3.8) is 0 Å². The molecule has 7 nitrogen and oxygen atoms in total. The van der Waals surface area contributed by atoms with E-state index in [0.717, 1.165) is 6.42 Å². The second-order valence-corrected chi connectivity index (χ2v) is 9.51. The van der Waals surface area contributed by atoms with Crippen LogP contribution in [0.4, 0.5) is 11.4 Å². The van der Waals surface area contributed by atoms with Gasteiger partial charge in [-0.05, 0) is 44.9 Å². The molecule has 1 fully saturated rings. The van der Waals surface area contributed by atoms with Gasteiger partial charge in [0.2, 0.25) is 10.0 Å². The molecule has 23 heavy (non-hydrogen) atoms. The maximum Gasteiger partial charge on any atom is 0.299 e. The SMILES string of the molecule is CC(C)NS(=O)(=O)Nc1ccc(N2CCCCS2(=O)=O)c(Cl)c1. The fraction of sp³-hybridized carbons (Fsp3) is 0.538. The van der Waals surface area contributed by atoms with Gasteiger partial charge in [0.15, 0.2) is 0 Å². The largest absolute Gasteiger partial charge is 0.299 e. The van der Waals surface area contributed by atoms with Gasteiger partial charge in [0.05, 0.1) is 22.2 Å². The third kappa shape index (κ3) is 4.72. The number of anilines is 2. The minimum absolute atomic E-state index is 0.0933. The highest BCUT2D eigenvalue weighted by Gasteiger charge is 2.27. The molecule has 1 aromatic rings. The van der Waals surface area contributed by atoms with Crippen molar-refractivity contribution in [2.24, 2.45) is 0 Å². The van der Waals surface area contributed by atoms with Gasteiger partial charge in [-0.25, -0.2) is 8.42 Å². The molecule has 0 bridgehead atoms. The monoisotopic (exact) mass is 381 g/mol. The number of sulfonamides is 1. The Bertz CT molecular complexity index is 778. The summed E-state index contributed by atoms with van der Waals surface area (Å²) in [5.74, 6) is 0.0933. The van der Waals surface area contributed by atoms with Crippen molar-refractivity contribution >= 4 is 43.2 Å². The van der Waals surface area contributed by atoms with E-state index in [0.29, 0.717) is 18.7 Å². The minimum atomic E-state index is -3.70. The highest BCUT2D eigenvalue weighted by atomic mass is 35.5. The van der Waals surface area contributed by atoms with E-state index in [1.54, 1.807) is 13.8 Å². The smallest absolute Gasteiger partial charge is 0.271 e. The van der Waals surface area contributed by atoms with E-state index in [-0.39, 0.29) is 22.5 Å². The lowest BCUT2D eigenvalue weighted by Crippen LogP contribution is -2.38. The summed E-state index contributed by atoms with van der Waals surface area (Å²) in [6.45, 7) is 3.79. The molecule has 0 atom stereocenters. The van der Waals surface area contributed by atoms with Crippen molar-refractivity contribution in [1.29, 1.82) is 0 Å². The third-order valence-electron chi connectivity index (χ3n) is 3.21. The highest BCUT2D eigenvalue weighted by molar-refractivity contribution is 7.92. The Morgan fingerprint density at radius 2 is 1.96 bits per heavy atom. The van der Waals surface area contributed by atoms with Crippen LogP contribution < -0.4 is 13.7 Å². The van der Waals surface area contributed by atoms with Gasteiger partial charge in [0.25, 0.3) is 10.2 Å². The van der Waals surface area contributed by atoms with Gasteiger partial charge < -0.3 is 0 Å². The topological polar surface area (TPSA) is 95.6 Å². The predicted octanol–water partition coefficient (Wildman–Crippen LogP) is 1.92. The van der Waals surface area contributed by atoms with Gasteiger partial charge in [-0.1, -0.05) is 11.6 Å². The first kappa shape index (κ1) is 18.3. The molecule has 1 aromatic carbocycles. The van der Waals surface area contributed by atoms with Crippen LogP contribution in [0.3, 0.4) is 0 Å². The van der Waals surface area contributed by atoms with E-state index in [4.69, 9.17) is 11.6 Å². The first-order valence-corrected chi connectivity index (χ1v) is 10.7. The third-order valence-corrected chi connectivity index (χ3v) is 6.65. The van der Waals surface area contributed by atoms with E-state index in [1.165, 1.54) is 22.5 Å². The number of hydrogen-bond donors (Lipinski definition) is 2. The Morgan fingerprint density at radius 1 is 1.26 bits per heavy atom. The Balaban J connectivity index is 2.25. The highest BCUT2D eigenvalue weighted by Crippen LogP contribution is 2.32. The van der Waals surface area contributed by atoms with Crippen LogP contribution in [-0.2, 0) is 20.2 Å². The van der Waals surface area contributed by atoms with Crippen molar-refractivity contribution in [3.05, 3.63) is 23.2 Å². The summed E-state index contributed by atoms with van der Waals surface area (Å²) in [7, 11) is -7.07. The van der Waals surface area contributed by atoms with Crippen LogP contribution in [0, 0.1) is 0 Å². The average Bonchev–Trinajstić information content (AvgIpc) is 2.37. The number of benzene rings is 1. The quantitative estimate of drug-likeness (QED) is 0.814. The molecule has 1 aliphatic heterocycles. The predicted molar refractivity (Wildman–Crippen MR) is 92.6 cm³/mol. The zero-order valence-electron chi connectivity index (χ0n) is 12.9. The second-order valence-electron chi connectivity index (χ2n) is 5.64. The van der Waals surface area contributed by atoms with Crippen LogP contribution in [-0.4, -0.2) is 35.2 Å². The van der Waals surface area contributed by atoms with E-state index in [1.807, 2.05) is 0 Å². The number of nitrogens with one attached hydrogen (secondary N) is 2. The van der Waals surface area contributed by atoms with Crippen LogP contribution in [0.2, 0.25) is 5.02 Å². The van der Waals surface area contributed by atoms with Crippen molar-refractivity contribution in [2.45, 2.75) is 32.7 Å². The first-order chi connectivity index (χ1) is 10.6. The molecule has 2 N–H and O–H groups in total. The van der Waals surface area contributed by atoms with Gasteiger partial charge >= 0.3 is 0 Å². The van der Waals surface area contributed by atoms with E-state index in [9.17, 15) is 16.8 Å². The van der Waals surface area contributed by atoms with Gasteiger partial charge in [-0.2, -0.15) is 13.1 Å². The van der Waals surface area contributed by atoms with Crippen molar-refractivity contribution < 1.29 is 16.8 Å². The van der Waals surface area contributed by atoms with Crippen LogP contribution in [0.5, 0.6) is 0 Å². The molecule has 0 radical (unpaired) electrons. The molecule has 1 saturated heterocycles. The Kier molecular flexibility index (Phi) is 5.44. The summed E-state index contributed by atoms with van der Waals surface area (Å²) in [6, 6.07) is 4.16.